The van der Waals surface area contributed by atoms with Crippen molar-refractivity contribution in [1.82, 2.24) is 0 Å². The Morgan fingerprint density at radius 3 is 1.16 bits per heavy atom. The van der Waals surface area contributed by atoms with Gasteiger partial charge in [0.1, 0.15) is 0 Å². The minimum absolute atomic E-state index is 0.930. The van der Waals surface area contributed by atoms with Crippen LogP contribution in [0.5, 0.6) is 0 Å². The van der Waals surface area contributed by atoms with Crippen LogP contribution in [0.4, 0.5) is 0 Å². The number of hydrogen-bond donors (Lipinski definition) is 1. The number of rotatable bonds is 5. The Kier molecular flexibility index (Phi) is 5.23. The minimum atomic E-state index is -4.05. The molecule has 0 unspecified atom stereocenters. The van der Waals surface area contributed by atoms with Gasteiger partial charge in [-0.15, -0.1) is 0 Å². The van der Waals surface area contributed by atoms with Crippen LogP contribution in [-0.2, 0) is 0 Å². The summed E-state index contributed by atoms with van der Waals surface area (Å²) in [5, 5.41) is 3.74. The van der Waals surface area contributed by atoms with Crippen LogP contribution in [0, 0.1) is 0 Å². The second-order valence-electron chi connectivity index (χ2n) is 7.96. The number of benzene rings is 5. The zero-order chi connectivity index (χ0) is 21.9. The van der Waals surface area contributed by atoms with Gasteiger partial charge in [0.05, 0.1) is 0 Å². The third kappa shape index (κ3) is 3.02. The van der Waals surface area contributed by atoms with Crippen LogP contribution in [0.1, 0.15) is 0 Å². The molecule has 0 spiro atoms. The molecule has 5 aromatic rings. The van der Waals surface area contributed by atoms with Gasteiger partial charge in [-0.05, 0) is 0 Å². The SMILES string of the molecule is OP(c1ccccc1)(c1ccccc1)(c1ccccc1)c1ccccc1-c1ccccc1. The Balaban J connectivity index is 2.01. The van der Waals surface area contributed by atoms with Crippen molar-refractivity contribution in [3.05, 3.63) is 146 Å². The Morgan fingerprint density at radius 2 is 0.719 bits per heavy atom. The van der Waals surface area contributed by atoms with E-state index in [-0.39, 0.29) is 0 Å². The molecule has 0 saturated carbocycles. The third-order valence-electron chi connectivity index (χ3n) is 6.23. The van der Waals surface area contributed by atoms with Gasteiger partial charge in [0, 0.05) is 0 Å². The number of hydrogen-bond acceptors (Lipinski definition) is 1. The van der Waals surface area contributed by atoms with Crippen molar-refractivity contribution in [2.75, 3.05) is 0 Å². The van der Waals surface area contributed by atoms with E-state index in [4.69, 9.17) is 0 Å². The average molecular weight is 433 g/mol. The van der Waals surface area contributed by atoms with Crippen molar-refractivity contribution in [1.29, 1.82) is 0 Å². The van der Waals surface area contributed by atoms with Gasteiger partial charge in [0.2, 0.25) is 0 Å². The first kappa shape index (κ1) is 20.4. The summed E-state index contributed by atoms with van der Waals surface area (Å²) in [6.45, 7) is -4.05. The van der Waals surface area contributed by atoms with Crippen molar-refractivity contribution in [3.63, 3.8) is 0 Å². The molecule has 5 rings (SSSR count). The first-order chi connectivity index (χ1) is 15.7. The molecule has 0 aliphatic carbocycles. The molecule has 1 N–H and O–H groups in total. The van der Waals surface area contributed by atoms with Gasteiger partial charge in [0.25, 0.3) is 0 Å². The van der Waals surface area contributed by atoms with Gasteiger partial charge in [-0.1, -0.05) is 0 Å². The maximum absolute atomic E-state index is 13.6. The standard InChI is InChI=1S/C30H25OP/c31-32(26-17-7-2-8-18-26,27-19-9-3-10-20-27,28-21-11-4-12-22-28)30-24-14-13-23-29(30)25-15-5-1-6-16-25/h1-24,31H. The molecule has 0 radical (unpaired) electrons. The van der Waals surface area contributed by atoms with E-state index in [1.807, 2.05) is 84.9 Å². The molecule has 32 heavy (non-hydrogen) atoms. The Bertz CT molecular complexity index is 1220. The predicted molar refractivity (Wildman–Crippen MR) is 139 cm³/mol. The fourth-order valence-corrected chi connectivity index (χ4v) is 9.77. The molecule has 0 atom stereocenters. The molecule has 0 aliphatic rings. The van der Waals surface area contributed by atoms with Crippen molar-refractivity contribution in [3.8, 4) is 11.1 Å². The summed E-state index contributed by atoms with van der Waals surface area (Å²) in [5.74, 6) is 0. The summed E-state index contributed by atoms with van der Waals surface area (Å²) >= 11 is 0. The molecular formula is C30H25OP. The molecule has 0 amide bonds. The monoisotopic (exact) mass is 432 g/mol. The molecular weight excluding hydrogens is 407 g/mol. The van der Waals surface area contributed by atoms with Crippen LogP contribution in [0.25, 0.3) is 11.1 Å². The fraction of sp³-hybridized carbons (Fsp3) is 0. The van der Waals surface area contributed by atoms with Crippen molar-refractivity contribution in [2.24, 2.45) is 0 Å². The van der Waals surface area contributed by atoms with Crippen LogP contribution >= 0.6 is 6.83 Å². The first-order valence-electron chi connectivity index (χ1n) is 10.8. The van der Waals surface area contributed by atoms with Crippen molar-refractivity contribution >= 4 is 28.0 Å². The Morgan fingerprint density at radius 1 is 0.375 bits per heavy atom. The molecule has 1 nitrogen and oxygen atoms in total. The normalized spacial score (nSPS) is 12.6. The van der Waals surface area contributed by atoms with E-state index in [9.17, 15) is 4.89 Å². The molecule has 0 heterocycles. The van der Waals surface area contributed by atoms with E-state index in [0.29, 0.717) is 0 Å². The van der Waals surface area contributed by atoms with Crippen LogP contribution in [0.15, 0.2) is 146 Å². The summed E-state index contributed by atoms with van der Waals surface area (Å²) in [6, 6.07) is 49.2. The summed E-state index contributed by atoms with van der Waals surface area (Å²) < 4.78 is 0. The molecule has 0 bridgehead atoms. The molecule has 0 saturated heterocycles. The molecule has 2 heteroatoms. The van der Waals surface area contributed by atoms with E-state index in [1.54, 1.807) is 0 Å². The van der Waals surface area contributed by atoms with Crippen LogP contribution in [0.3, 0.4) is 0 Å². The third-order valence-corrected chi connectivity index (χ3v) is 11.5. The Hall–Kier alpha value is -3.51. The average Bonchev–Trinajstić information content (AvgIpc) is 2.90. The van der Waals surface area contributed by atoms with E-state index in [1.165, 1.54) is 0 Å². The summed E-state index contributed by atoms with van der Waals surface area (Å²) in [7, 11) is 0. The van der Waals surface area contributed by atoms with Gasteiger partial charge in [-0.2, -0.15) is 0 Å². The maximum atomic E-state index is 13.6. The fourth-order valence-electron chi connectivity index (χ4n) is 4.73. The predicted octanol–water partition coefficient (Wildman–Crippen LogP) is 5.42. The van der Waals surface area contributed by atoms with Crippen molar-refractivity contribution in [2.45, 2.75) is 0 Å². The topological polar surface area (TPSA) is 20.2 Å². The second-order valence-corrected chi connectivity index (χ2v) is 12.1. The zero-order valence-corrected chi connectivity index (χ0v) is 18.6. The molecule has 156 valence electrons. The first-order valence-corrected chi connectivity index (χ1v) is 13.0. The summed E-state index contributed by atoms with van der Waals surface area (Å²) in [6.07, 6.45) is 0. The van der Waals surface area contributed by atoms with E-state index in [0.717, 1.165) is 32.3 Å². The van der Waals surface area contributed by atoms with Gasteiger partial charge in [-0.25, -0.2) is 0 Å². The molecule has 0 aromatic heterocycles. The molecule has 0 fully saturated rings. The van der Waals surface area contributed by atoms with E-state index >= 15 is 0 Å². The van der Waals surface area contributed by atoms with Gasteiger partial charge < -0.3 is 0 Å². The Labute approximate surface area is 189 Å². The van der Waals surface area contributed by atoms with Crippen LogP contribution in [-0.4, -0.2) is 4.89 Å². The van der Waals surface area contributed by atoms with E-state index < -0.39 is 6.83 Å². The molecule has 0 aliphatic heterocycles. The summed E-state index contributed by atoms with van der Waals surface area (Å²) in [5.41, 5.74) is 2.14. The zero-order valence-electron chi connectivity index (χ0n) is 17.8. The van der Waals surface area contributed by atoms with Crippen LogP contribution < -0.4 is 21.2 Å². The van der Waals surface area contributed by atoms with Crippen LogP contribution in [0.2, 0.25) is 0 Å². The molecule has 5 aromatic carbocycles. The van der Waals surface area contributed by atoms with Crippen molar-refractivity contribution < 1.29 is 4.89 Å². The van der Waals surface area contributed by atoms with Gasteiger partial charge >= 0.3 is 190 Å². The van der Waals surface area contributed by atoms with E-state index in [2.05, 4.69) is 60.7 Å². The summed E-state index contributed by atoms with van der Waals surface area (Å²) in [4.78, 5) is 13.6. The van der Waals surface area contributed by atoms with Gasteiger partial charge in [-0.3, -0.25) is 0 Å². The quantitative estimate of drug-likeness (QED) is 0.368. The second kappa shape index (κ2) is 8.20. The van der Waals surface area contributed by atoms with Gasteiger partial charge in [0.15, 0.2) is 0 Å².